The molecule has 1 fully saturated rings. The van der Waals surface area contributed by atoms with Gasteiger partial charge in [0.25, 0.3) is 0 Å². The molecule has 2 aliphatic rings. The van der Waals surface area contributed by atoms with Gasteiger partial charge in [0.1, 0.15) is 12.0 Å². The molecule has 0 aromatic heterocycles. The van der Waals surface area contributed by atoms with Crippen LogP contribution in [0.1, 0.15) is 18.1 Å². The number of hydrogen-bond donors (Lipinski definition) is 2. The van der Waals surface area contributed by atoms with Gasteiger partial charge < -0.3 is 0 Å². The van der Waals surface area contributed by atoms with Crippen LogP contribution >= 0.6 is 11.8 Å². The van der Waals surface area contributed by atoms with Crippen LogP contribution in [0, 0.1) is 11.7 Å². The molecule has 2 aliphatic heterocycles. The predicted molar refractivity (Wildman–Crippen MR) is 107 cm³/mol. The monoisotopic (exact) mass is 384 g/mol. The second kappa shape index (κ2) is 7.80. The number of amides is 1. The molecule has 2 aromatic carbocycles. The Hall–Kier alpha value is -2.22. The van der Waals surface area contributed by atoms with Crippen LogP contribution in [0.3, 0.4) is 0 Å². The molecule has 1 saturated heterocycles. The van der Waals surface area contributed by atoms with E-state index in [9.17, 15) is 9.18 Å². The first-order valence-corrected chi connectivity index (χ1v) is 10.0. The molecule has 2 aromatic rings. The highest BCUT2D eigenvalue weighted by Crippen LogP contribution is 2.32. The van der Waals surface area contributed by atoms with E-state index in [-0.39, 0.29) is 23.8 Å². The van der Waals surface area contributed by atoms with E-state index in [1.807, 2.05) is 30.3 Å². The number of rotatable bonds is 4. The lowest BCUT2D eigenvalue weighted by atomic mass is 10.0. The Morgan fingerprint density at radius 3 is 2.93 bits per heavy atom. The smallest absolute Gasteiger partial charge is 0.241 e. The van der Waals surface area contributed by atoms with Crippen molar-refractivity contribution >= 4 is 28.5 Å². The number of thioether (sulfide) groups is 1. The molecule has 2 unspecified atom stereocenters. The molecule has 0 aliphatic carbocycles. The Kier molecular flexibility index (Phi) is 5.24. The first-order chi connectivity index (χ1) is 13.2. The summed E-state index contributed by atoms with van der Waals surface area (Å²) in [5, 5.41) is 0.641. The van der Waals surface area contributed by atoms with E-state index >= 15 is 0 Å². The summed E-state index contributed by atoms with van der Waals surface area (Å²) in [6.07, 6.45) is 0.560. The van der Waals surface area contributed by atoms with E-state index in [1.165, 1.54) is 23.9 Å². The van der Waals surface area contributed by atoms with Gasteiger partial charge in [0.15, 0.2) is 5.17 Å². The van der Waals surface area contributed by atoms with Crippen molar-refractivity contribution in [1.82, 2.24) is 10.9 Å². The first kappa shape index (κ1) is 18.2. The number of hydrogen-bond acceptors (Lipinski definition) is 5. The molecule has 27 heavy (non-hydrogen) atoms. The number of aliphatic imine (C=N–C) groups is 1. The average Bonchev–Trinajstić information content (AvgIpc) is 3.15. The van der Waals surface area contributed by atoms with Crippen molar-refractivity contribution < 1.29 is 9.18 Å². The number of carbonyl (C=O) groups excluding carboxylic acids is 1. The third kappa shape index (κ3) is 3.63. The van der Waals surface area contributed by atoms with Crippen LogP contribution in [0.4, 0.5) is 10.1 Å². The summed E-state index contributed by atoms with van der Waals surface area (Å²) < 4.78 is 13.5. The molecule has 5 nitrogen and oxygen atoms in total. The summed E-state index contributed by atoms with van der Waals surface area (Å²) in [5.74, 6) is 0.0904. The molecule has 2 heterocycles. The van der Waals surface area contributed by atoms with Crippen LogP contribution in [0.15, 0.2) is 53.5 Å². The van der Waals surface area contributed by atoms with Crippen molar-refractivity contribution in [2.24, 2.45) is 10.9 Å². The van der Waals surface area contributed by atoms with Crippen molar-refractivity contribution in [2.45, 2.75) is 25.3 Å². The van der Waals surface area contributed by atoms with Crippen molar-refractivity contribution in [1.29, 1.82) is 0 Å². The van der Waals surface area contributed by atoms with Gasteiger partial charge in [0.05, 0.1) is 11.6 Å². The molecule has 1 amide bonds. The Morgan fingerprint density at radius 1 is 1.26 bits per heavy atom. The maximum atomic E-state index is 13.5. The summed E-state index contributed by atoms with van der Waals surface area (Å²) in [5.41, 5.74) is 8.94. The number of nitrogens with one attached hydrogen (secondary N) is 2. The third-order valence-electron chi connectivity index (χ3n) is 4.80. The van der Waals surface area contributed by atoms with Gasteiger partial charge in [-0.05, 0) is 35.7 Å². The number of anilines is 1. The van der Waals surface area contributed by atoms with Crippen molar-refractivity contribution in [3.63, 3.8) is 0 Å². The number of benzene rings is 2. The van der Waals surface area contributed by atoms with Crippen molar-refractivity contribution in [2.75, 3.05) is 11.4 Å². The number of amidine groups is 1. The number of fused-ring (bicyclic) bond motifs is 1. The lowest BCUT2D eigenvalue weighted by molar-refractivity contribution is -0.121. The Balaban J connectivity index is 1.67. The molecule has 7 heteroatoms. The number of aryl methyl sites for hydroxylation is 1. The van der Waals surface area contributed by atoms with Gasteiger partial charge in [-0.3, -0.25) is 15.1 Å². The van der Waals surface area contributed by atoms with E-state index in [0.29, 0.717) is 17.5 Å². The van der Waals surface area contributed by atoms with Gasteiger partial charge in [-0.15, -0.1) is 0 Å². The highest BCUT2D eigenvalue weighted by atomic mass is 32.2. The van der Waals surface area contributed by atoms with Gasteiger partial charge in [-0.1, -0.05) is 49.0 Å². The van der Waals surface area contributed by atoms with Crippen LogP contribution in [0.5, 0.6) is 0 Å². The maximum Gasteiger partial charge on any atom is 0.241 e. The standard InChI is InChI=1S/C20H21FN4OS/c1-2-14-7-3-4-9-17(14)25-19(26)16-11-22-24-18(16)23-20(25)27-12-13-6-5-8-15(21)10-13/h3-10,16,18,22,24H,2,11-12H2,1H3. The lowest BCUT2D eigenvalue weighted by Crippen LogP contribution is -2.49. The zero-order chi connectivity index (χ0) is 18.8. The van der Waals surface area contributed by atoms with Crippen molar-refractivity contribution in [3.8, 4) is 0 Å². The quantitative estimate of drug-likeness (QED) is 0.851. The van der Waals surface area contributed by atoms with Crippen LogP contribution in [-0.4, -0.2) is 23.8 Å². The summed E-state index contributed by atoms with van der Waals surface area (Å²) >= 11 is 1.45. The van der Waals surface area contributed by atoms with E-state index in [2.05, 4.69) is 17.8 Å². The summed E-state index contributed by atoms with van der Waals surface area (Å²) in [4.78, 5) is 19.8. The van der Waals surface area contributed by atoms with Gasteiger partial charge in [0.2, 0.25) is 5.91 Å². The van der Waals surface area contributed by atoms with Crippen LogP contribution in [0.25, 0.3) is 0 Å². The van der Waals surface area contributed by atoms with E-state index in [4.69, 9.17) is 4.99 Å². The molecule has 0 spiro atoms. The zero-order valence-corrected chi connectivity index (χ0v) is 15.8. The van der Waals surface area contributed by atoms with Crippen LogP contribution < -0.4 is 15.8 Å². The van der Waals surface area contributed by atoms with Gasteiger partial charge in [-0.2, -0.15) is 0 Å². The van der Waals surface area contributed by atoms with Crippen molar-refractivity contribution in [3.05, 3.63) is 65.5 Å². The number of nitrogens with zero attached hydrogens (tertiary/aromatic N) is 2. The fourth-order valence-corrected chi connectivity index (χ4v) is 4.37. The molecule has 2 N–H and O–H groups in total. The predicted octanol–water partition coefficient (Wildman–Crippen LogP) is 3.07. The van der Waals surface area contributed by atoms with Gasteiger partial charge >= 0.3 is 0 Å². The van der Waals surface area contributed by atoms with E-state index in [1.54, 1.807) is 11.0 Å². The fourth-order valence-electron chi connectivity index (χ4n) is 3.39. The molecule has 2 atom stereocenters. The number of carbonyl (C=O) groups is 1. The lowest BCUT2D eigenvalue weighted by Gasteiger charge is -2.33. The molecule has 0 radical (unpaired) electrons. The molecule has 0 bridgehead atoms. The number of hydrazine groups is 1. The van der Waals surface area contributed by atoms with Crippen LogP contribution in [0.2, 0.25) is 0 Å². The Bertz CT molecular complexity index is 888. The average molecular weight is 384 g/mol. The largest absolute Gasteiger partial charge is 0.274 e. The minimum atomic E-state index is -0.266. The minimum Gasteiger partial charge on any atom is -0.274 e. The highest BCUT2D eigenvalue weighted by molar-refractivity contribution is 8.13. The SMILES string of the molecule is CCc1ccccc1N1C(=O)C2CNNC2N=C1SCc1cccc(F)c1. The topological polar surface area (TPSA) is 56.7 Å². The molecule has 140 valence electrons. The molecule has 0 saturated carbocycles. The first-order valence-electron chi connectivity index (χ1n) is 9.02. The van der Waals surface area contributed by atoms with E-state index in [0.717, 1.165) is 23.2 Å². The maximum absolute atomic E-state index is 13.5. The van der Waals surface area contributed by atoms with Crippen LogP contribution in [-0.2, 0) is 17.0 Å². The summed E-state index contributed by atoms with van der Waals surface area (Å²) in [6, 6.07) is 14.4. The zero-order valence-electron chi connectivity index (χ0n) is 15.0. The third-order valence-corrected chi connectivity index (χ3v) is 5.83. The second-order valence-electron chi connectivity index (χ2n) is 6.56. The summed E-state index contributed by atoms with van der Waals surface area (Å²) in [7, 11) is 0. The second-order valence-corrected chi connectivity index (χ2v) is 7.51. The number of para-hydroxylation sites is 1. The molecular weight excluding hydrogens is 363 g/mol. The minimum absolute atomic E-state index is 0.0372. The highest BCUT2D eigenvalue weighted by Gasteiger charge is 2.42. The Labute approximate surface area is 162 Å². The number of halogens is 1. The van der Waals surface area contributed by atoms with E-state index < -0.39 is 0 Å². The van der Waals surface area contributed by atoms with Gasteiger partial charge in [-0.25, -0.2) is 14.8 Å². The fraction of sp³-hybridized carbons (Fsp3) is 0.300. The summed E-state index contributed by atoms with van der Waals surface area (Å²) in [6.45, 7) is 2.63. The normalized spacial score (nSPS) is 21.9. The molecule has 4 rings (SSSR count). The van der Waals surface area contributed by atoms with Gasteiger partial charge in [0, 0.05) is 12.3 Å². The molecular formula is C20H21FN4OS. The Morgan fingerprint density at radius 2 is 2.11 bits per heavy atom.